The maximum atomic E-state index is 15.5. The first-order valence-corrected chi connectivity index (χ1v) is 16.3. The summed E-state index contributed by atoms with van der Waals surface area (Å²) in [6, 6.07) is 19.0. The predicted molar refractivity (Wildman–Crippen MR) is 155 cm³/mol. The normalized spacial score (nSPS) is 14.7. The fourth-order valence-corrected chi connectivity index (χ4v) is 5.74. The van der Waals surface area contributed by atoms with Crippen LogP contribution in [0.15, 0.2) is 60.7 Å². The van der Waals surface area contributed by atoms with Gasteiger partial charge in [0.25, 0.3) is 0 Å². The zero-order chi connectivity index (χ0) is 27.5. The van der Waals surface area contributed by atoms with Gasteiger partial charge in [0.15, 0.2) is 14.6 Å². The first-order valence-electron chi connectivity index (χ1n) is 13.4. The molecule has 0 atom stereocenters. The van der Waals surface area contributed by atoms with E-state index < -0.39 is 14.6 Å². The number of hydrogen-bond acceptors (Lipinski definition) is 4. The molecule has 4 rings (SSSR count). The molecule has 1 heterocycles. The van der Waals surface area contributed by atoms with Crippen LogP contribution in [0.3, 0.4) is 0 Å². The van der Waals surface area contributed by atoms with Gasteiger partial charge in [-0.15, -0.1) is 0 Å². The smallest absolute Gasteiger partial charge is 0.191 e. The van der Waals surface area contributed by atoms with Gasteiger partial charge in [0.2, 0.25) is 0 Å². The van der Waals surface area contributed by atoms with Gasteiger partial charge in [0.05, 0.1) is 18.9 Å². The summed E-state index contributed by atoms with van der Waals surface area (Å²) in [5, 5.41) is 9.10. The van der Waals surface area contributed by atoms with Gasteiger partial charge < -0.3 is 13.9 Å². The minimum Gasteiger partial charge on any atom is -0.417 e. The van der Waals surface area contributed by atoms with Crippen molar-refractivity contribution in [1.29, 1.82) is 5.41 Å². The van der Waals surface area contributed by atoms with Crippen LogP contribution in [0.25, 0.3) is 11.1 Å². The molecular weight excluding hydrogens is 493 g/mol. The molecular formula is C32H40FNO3Si. The van der Waals surface area contributed by atoms with Gasteiger partial charge in [-0.2, -0.15) is 0 Å². The van der Waals surface area contributed by atoms with Gasteiger partial charge in [-0.1, -0.05) is 75.4 Å². The van der Waals surface area contributed by atoms with Gasteiger partial charge in [0.1, 0.15) is 5.82 Å². The highest BCUT2D eigenvalue weighted by molar-refractivity contribution is 6.74. The number of rotatable bonds is 9. The van der Waals surface area contributed by atoms with E-state index in [-0.39, 0.29) is 10.9 Å². The van der Waals surface area contributed by atoms with E-state index in [2.05, 4.69) is 33.9 Å². The van der Waals surface area contributed by atoms with Crippen LogP contribution in [0.5, 0.6) is 0 Å². The van der Waals surface area contributed by atoms with Gasteiger partial charge >= 0.3 is 0 Å². The van der Waals surface area contributed by atoms with E-state index in [1.807, 2.05) is 61.5 Å². The highest BCUT2D eigenvalue weighted by atomic mass is 28.4. The van der Waals surface area contributed by atoms with Gasteiger partial charge in [-0.25, -0.2) is 4.39 Å². The zero-order valence-electron chi connectivity index (χ0n) is 23.5. The van der Waals surface area contributed by atoms with E-state index in [1.165, 1.54) is 0 Å². The molecule has 0 bridgehead atoms. The molecule has 1 fully saturated rings. The third kappa shape index (κ3) is 5.99. The van der Waals surface area contributed by atoms with Crippen LogP contribution in [0.1, 0.15) is 61.3 Å². The van der Waals surface area contributed by atoms with Gasteiger partial charge in [-0.05, 0) is 66.2 Å². The summed E-state index contributed by atoms with van der Waals surface area (Å²) in [5.41, 5.74) is 5.86. The maximum Gasteiger partial charge on any atom is 0.191 e. The largest absolute Gasteiger partial charge is 0.417 e. The lowest BCUT2D eigenvalue weighted by Crippen LogP contribution is -2.41. The Morgan fingerprint density at radius 2 is 1.63 bits per heavy atom. The van der Waals surface area contributed by atoms with Crippen molar-refractivity contribution in [3.8, 4) is 11.1 Å². The van der Waals surface area contributed by atoms with Crippen molar-refractivity contribution in [3.05, 3.63) is 94.3 Å². The summed E-state index contributed by atoms with van der Waals surface area (Å²) in [4.78, 5) is 0. The van der Waals surface area contributed by atoms with Crippen LogP contribution >= 0.6 is 0 Å². The number of benzene rings is 3. The molecule has 1 N–H and O–H groups in total. The van der Waals surface area contributed by atoms with Crippen LogP contribution in [-0.2, 0) is 20.3 Å². The Morgan fingerprint density at radius 1 is 1.00 bits per heavy atom. The molecule has 6 heteroatoms. The fraction of sp³-hybridized carbons (Fsp3) is 0.406. The Morgan fingerprint density at radius 3 is 2.29 bits per heavy atom. The summed E-state index contributed by atoms with van der Waals surface area (Å²) in [6.07, 6.45) is 0.860. The Kier molecular flexibility index (Phi) is 8.67. The SMILES string of the molecule is Cc1c(F)cc(-c2ccccc2C(=N)c2ccccc2)c(C2OCCO2)c1CCCO[Si](C)(C)C(C)(C)C. The molecule has 3 aromatic carbocycles. The van der Waals surface area contributed by atoms with E-state index in [9.17, 15) is 0 Å². The molecule has 1 saturated heterocycles. The standard InChI is InChI=1S/C32H40FNO3Si/c1-22-24(17-12-18-37-38(5,6)32(2,3)4)29(31-35-19-20-36-31)27(21-28(22)33)25-15-10-11-16-26(25)30(34)23-13-8-7-9-14-23/h7-11,13-16,21,31,34H,12,17-20H2,1-6H3. The molecule has 0 saturated carbocycles. The molecule has 0 aliphatic carbocycles. The number of ether oxygens (including phenoxy) is 2. The summed E-state index contributed by atoms with van der Waals surface area (Å²) < 4.78 is 34.0. The van der Waals surface area contributed by atoms with E-state index in [4.69, 9.17) is 19.3 Å². The average Bonchev–Trinajstić information content (AvgIpc) is 3.42. The second-order valence-corrected chi connectivity index (χ2v) is 16.3. The highest BCUT2D eigenvalue weighted by Gasteiger charge is 2.37. The lowest BCUT2D eigenvalue weighted by molar-refractivity contribution is -0.0443. The molecule has 1 aliphatic rings. The monoisotopic (exact) mass is 533 g/mol. The summed E-state index contributed by atoms with van der Waals surface area (Å²) in [5.74, 6) is -0.261. The lowest BCUT2D eigenvalue weighted by atomic mass is 9.86. The quantitative estimate of drug-likeness (QED) is 0.171. The van der Waals surface area contributed by atoms with Crippen molar-refractivity contribution in [2.45, 2.75) is 65.0 Å². The van der Waals surface area contributed by atoms with E-state index in [0.717, 1.165) is 39.8 Å². The Hall–Kier alpha value is -2.64. The van der Waals surface area contributed by atoms with E-state index in [0.29, 0.717) is 37.5 Å². The van der Waals surface area contributed by atoms with E-state index in [1.54, 1.807) is 6.07 Å². The molecule has 0 amide bonds. The third-order valence-corrected chi connectivity index (χ3v) is 12.5. The molecule has 0 aromatic heterocycles. The molecule has 0 spiro atoms. The molecule has 1 aliphatic heterocycles. The van der Waals surface area contributed by atoms with Crippen molar-refractivity contribution < 1.29 is 18.3 Å². The third-order valence-electron chi connectivity index (χ3n) is 7.94. The maximum absolute atomic E-state index is 15.5. The van der Waals surface area contributed by atoms with Crippen LogP contribution in [0.4, 0.5) is 4.39 Å². The van der Waals surface area contributed by atoms with Crippen LogP contribution in [0.2, 0.25) is 18.1 Å². The van der Waals surface area contributed by atoms with Crippen molar-refractivity contribution in [1.82, 2.24) is 0 Å². The number of hydrogen-bond donors (Lipinski definition) is 1. The summed E-state index contributed by atoms with van der Waals surface area (Å²) >= 11 is 0. The Balaban J connectivity index is 1.75. The number of nitrogens with one attached hydrogen (secondary N) is 1. The summed E-state index contributed by atoms with van der Waals surface area (Å²) in [6.45, 7) is 14.7. The summed E-state index contributed by atoms with van der Waals surface area (Å²) in [7, 11) is -1.87. The topological polar surface area (TPSA) is 51.5 Å². The number of halogens is 1. The zero-order valence-corrected chi connectivity index (χ0v) is 24.5. The Labute approximate surface area is 227 Å². The molecule has 0 radical (unpaired) electrons. The van der Waals surface area contributed by atoms with Gasteiger partial charge in [0, 0.05) is 23.3 Å². The van der Waals surface area contributed by atoms with Gasteiger partial charge in [-0.3, -0.25) is 5.41 Å². The first kappa shape index (κ1) is 28.4. The molecule has 0 unspecified atom stereocenters. The van der Waals surface area contributed by atoms with Crippen molar-refractivity contribution in [2.75, 3.05) is 19.8 Å². The minimum atomic E-state index is -1.87. The average molecular weight is 534 g/mol. The van der Waals surface area contributed by atoms with Crippen LogP contribution < -0.4 is 0 Å². The second kappa shape index (κ2) is 11.6. The second-order valence-electron chi connectivity index (χ2n) is 11.5. The van der Waals surface area contributed by atoms with Crippen molar-refractivity contribution in [2.24, 2.45) is 0 Å². The molecule has 38 heavy (non-hydrogen) atoms. The highest BCUT2D eigenvalue weighted by Crippen LogP contribution is 2.41. The fourth-order valence-electron chi connectivity index (χ4n) is 4.65. The lowest BCUT2D eigenvalue weighted by Gasteiger charge is -2.36. The van der Waals surface area contributed by atoms with Crippen molar-refractivity contribution in [3.63, 3.8) is 0 Å². The minimum absolute atomic E-state index is 0.137. The predicted octanol–water partition coefficient (Wildman–Crippen LogP) is 8.22. The first-order chi connectivity index (χ1) is 18.0. The Bertz CT molecular complexity index is 1280. The molecule has 4 nitrogen and oxygen atoms in total. The molecule has 3 aromatic rings. The van der Waals surface area contributed by atoms with Crippen LogP contribution in [-0.4, -0.2) is 33.8 Å². The molecule has 202 valence electrons. The van der Waals surface area contributed by atoms with Crippen LogP contribution in [0, 0.1) is 18.2 Å². The van der Waals surface area contributed by atoms with Crippen molar-refractivity contribution >= 4 is 14.0 Å². The van der Waals surface area contributed by atoms with E-state index >= 15 is 4.39 Å².